The van der Waals surface area contributed by atoms with Crippen LogP contribution in [0.5, 0.6) is 11.6 Å². The molecule has 24 heavy (non-hydrogen) atoms. The smallest absolute Gasteiger partial charge is 0.315 e. The number of para-hydroxylation sites is 1. The summed E-state index contributed by atoms with van der Waals surface area (Å²) in [6, 6.07) is 10.3. The van der Waals surface area contributed by atoms with Crippen LogP contribution in [0.3, 0.4) is 0 Å². The number of aliphatic hydroxyl groups excluding tert-OH is 1. The van der Waals surface area contributed by atoms with Gasteiger partial charge in [-0.3, -0.25) is 0 Å². The summed E-state index contributed by atoms with van der Waals surface area (Å²) in [5.41, 5.74) is 1.38. The number of hydrogen-bond acceptors (Lipinski definition) is 5. The van der Waals surface area contributed by atoms with Crippen LogP contribution in [0.2, 0.25) is 0 Å². The van der Waals surface area contributed by atoms with Crippen LogP contribution in [0, 0.1) is 0 Å². The highest BCUT2D eigenvalue weighted by Crippen LogP contribution is 2.23. The number of urea groups is 1. The summed E-state index contributed by atoms with van der Waals surface area (Å²) in [6.07, 6.45) is 0.756. The van der Waals surface area contributed by atoms with Crippen LogP contribution in [-0.4, -0.2) is 36.9 Å². The molecular formula is C17H21N3O4. The van der Waals surface area contributed by atoms with E-state index in [9.17, 15) is 9.90 Å². The molecule has 1 heterocycles. The number of hydrogen-bond donors (Lipinski definition) is 3. The van der Waals surface area contributed by atoms with Crippen LogP contribution in [0.1, 0.15) is 17.2 Å². The number of methoxy groups -OCH3 is 2. The first-order valence-electron chi connectivity index (χ1n) is 7.46. The molecule has 0 aliphatic heterocycles. The Labute approximate surface area is 140 Å². The first-order chi connectivity index (χ1) is 11.7. The van der Waals surface area contributed by atoms with Crippen LogP contribution in [0.15, 0.2) is 42.6 Å². The van der Waals surface area contributed by atoms with Crippen molar-refractivity contribution < 1.29 is 19.4 Å². The Kier molecular flexibility index (Phi) is 6.39. The van der Waals surface area contributed by atoms with Crippen LogP contribution < -0.4 is 20.1 Å². The summed E-state index contributed by atoms with van der Waals surface area (Å²) in [5.74, 6) is 1.04. The van der Waals surface area contributed by atoms with E-state index in [1.807, 2.05) is 12.1 Å². The average Bonchev–Trinajstić information content (AvgIpc) is 2.64. The zero-order chi connectivity index (χ0) is 17.4. The second kappa shape index (κ2) is 8.73. The van der Waals surface area contributed by atoms with Gasteiger partial charge < -0.3 is 25.2 Å². The van der Waals surface area contributed by atoms with Crippen molar-refractivity contribution in [1.82, 2.24) is 15.6 Å². The number of amides is 2. The van der Waals surface area contributed by atoms with Crippen molar-refractivity contribution in [2.24, 2.45) is 0 Å². The summed E-state index contributed by atoms with van der Waals surface area (Å²) in [7, 11) is 3.06. The van der Waals surface area contributed by atoms with E-state index in [0.29, 0.717) is 17.2 Å². The third-order valence-electron chi connectivity index (χ3n) is 3.44. The van der Waals surface area contributed by atoms with Gasteiger partial charge in [-0.05, 0) is 12.1 Å². The van der Waals surface area contributed by atoms with Gasteiger partial charge in [-0.2, -0.15) is 0 Å². The molecule has 3 N–H and O–H groups in total. The molecule has 0 saturated heterocycles. The van der Waals surface area contributed by atoms with Gasteiger partial charge in [0.05, 0.1) is 20.3 Å². The van der Waals surface area contributed by atoms with Gasteiger partial charge in [-0.15, -0.1) is 0 Å². The Morgan fingerprint density at radius 1 is 1.17 bits per heavy atom. The Hall–Kier alpha value is -2.80. The monoisotopic (exact) mass is 331 g/mol. The lowest BCUT2D eigenvalue weighted by atomic mass is 10.1. The Balaban J connectivity index is 1.84. The number of aromatic nitrogens is 1. The largest absolute Gasteiger partial charge is 0.496 e. The zero-order valence-corrected chi connectivity index (χ0v) is 13.7. The third-order valence-corrected chi connectivity index (χ3v) is 3.44. The molecule has 2 rings (SSSR count). The first kappa shape index (κ1) is 17.6. The predicted octanol–water partition coefficient (Wildman–Crippen LogP) is 1.63. The number of rotatable bonds is 7. The summed E-state index contributed by atoms with van der Waals surface area (Å²) in [5, 5.41) is 15.5. The van der Waals surface area contributed by atoms with Crippen LogP contribution in [-0.2, 0) is 6.54 Å². The third kappa shape index (κ3) is 4.60. The lowest BCUT2D eigenvalue weighted by Crippen LogP contribution is -2.37. The van der Waals surface area contributed by atoms with Gasteiger partial charge in [-0.25, -0.2) is 9.78 Å². The van der Waals surface area contributed by atoms with E-state index in [2.05, 4.69) is 15.6 Å². The Bertz CT molecular complexity index is 678. The van der Waals surface area contributed by atoms with Crippen LogP contribution in [0.4, 0.5) is 4.79 Å². The van der Waals surface area contributed by atoms with Crippen molar-refractivity contribution in [2.75, 3.05) is 20.8 Å². The minimum atomic E-state index is -0.861. The van der Waals surface area contributed by atoms with Crippen molar-refractivity contribution in [2.45, 2.75) is 12.6 Å². The molecule has 1 aromatic heterocycles. The molecule has 128 valence electrons. The van der Waals surface area contributed by atoms with Gasteiger partial charge in [-0.1, -0.05) is 24.3 Å². The Morgan fingerprint density at radius 3 is 2.71 bits per heavy atom. The molecule has 2 aromatic rings. The molecule has 0 unspecified atom stereocenters. The van der Waals surface area contributed by atoms with E-state index in [1.165, 1.54) is 14.2 Å². The highest BCUT2D eigenvalue weighted by molar-refractivity contribution is 5.73. The van der Waals surface area contributed by atoms with Crippen molar-refractivity contribution in [1.29, 1.82) is 0 Å². The van der Waals surface area contributed by atoms with Gasteiger partial charge in [0, 0.05) is 30.4 Å². The van der Waals surface area contributed by atoms with E-state index in [0.717, 1.165) is 5.56 Å². The van der Waals surface area contributed by atoms with Gasteiger partial charge >= 0.3 is 6.03 Å². The lowest BCUT2D eigenvalue weighted by Gasteiger charge is -2.16. The molecule has 0 spiro atoms. The van der Waals surface area contributed by atoms with Gasteiger partial charge in [0.15, 0.2) is 0 Å². The quantitative estimate of drug-likeness (QED) is 0.717. The molecule has 0 saturated carbocycles. The SMILES string of the molecule is COc1ccccc1[C@H](O)CNC(=O)NCc1cccnc1OC. The molecule has 0 fully saturated rings. The number of ether oxygens (including phenoxy) is 2. The highest BCUT2D eigenvalue weighted by atomic mass is 16.5. The van der Waals surface area contributed by atoms with Gasteiger partial charge in [0.25, 0.3) is 0 Å². The minimum Gasteiger partial charge on any atom is -0.496 e. The van der Waals surface area contributed by atoms with Gasteiger partial charge in [0.1, 0.15) is 5.75 Å². The van der Waals surface area contributed by atoms with Crippen molar-refractivity contribution >= 4 is 6.03 Å². The summed E-state index contributed by atoms with van der Waals surface area (Å²) < 4.78 is 10.3. The minimum absolute atomic E-state index is 0.0659. The molecule has 1 atom stereocenters. The number of nitrogens with one attached hydrogen (secondary N) is 2. The highest BCUT2D eigenvalue weighted by Gasteiger charge is 2.14. The fraction of sp³-hybridized carbons (Fsp3) is 0.294. The molecule has 0 radical (unpaired) electrons. The van der Waals surface area contributed by atoms with Crippen molar-refractivity contribution in [3.63, 3.8) is 0 Å². The second-order valence-corrected chi connectivity index (χ2v) is 4.99. The molecular weight excluding hydrogens is 310 g/mol. The first-order valence-corrected chi connectivity index (χ1v) is 7.46. The maximum Gasteiger partial charge on any atom is 0.315 e. The number of pyridine rings is 1. The molecule has 7 nitrogen and oxygen atoms in total. The van der Waals surface area contributed by atoms with Gasteiger partial charge in [0.2, 0.25) is 5.88 Å². The van der Waals surface area contributed by atoms with E-state index in [4.69, 9.17) is 9.47 Å². The standard InChI is InChI=1S/C17H21N3O4/c1-23-15-8-4-3-7-13(15)14(21)11-20-17(22)19-10-12-6-5-9-18-16(12)24-2/h3-9,14,21H,10-11H2,1-2H3,(H2,19,20,22)/t14-/m1/s1. The zero-order valence-electron chi connectivity index (χ0n) is 13.7. The number of carbonyl (C=O) groups is 1. The maximum absolute atomic E-state index is 11.9. The molecule has 7 heteroatoms. The summed E-state index contributed by atoms with van der Waals surface area (Å²) in [6.45, 7) is 0.337. The van der Waals surface area contributed by atoms with E-state index < -0.39 is 12.1 Å². The van der Waals surface area contributed by atoms with Crippen molar-refractivity contribution in [3.8, 4) is 11.6 Å². The molecule has 2 amide bonds. The number of carbonyl (C=O) groups excluding carboxylic acids is 1. The topological polar surface area (TPSA) is 92.7 Å². The molecule has 1 aromatic carbocycles. The van der Waals surface area contributed by atoms with E-state index in [1.54, 1.807) is 30.5 Å². The summed E-state index contributed by atoms with van der Waals surface area (Å²) >= 11 is 0. The number of benzene rings is 1. The fourth-order valence-corrected chi connectivity index (χ4v) is 2.22. The van der Waals surface area contributed by atoms with Crippen molar-refractivity contribution in [3.05, 3.63) is 53.7 Å². The normalized spacial score (nSPS) is 11.5. The van der Waals surface area contributed by atoms with E-state index >= 15 is 0 Å². The van der Waals surface area contributed by atoms with E-state index in [-0.39, 0.29) is 13.1 Å². The second-order valence-electron chi connectivity index (χ2n) is 4.99. The van der Waals surface area contributed by atoms with Crippen LogP contribution in [0.25, 0.3) is 0 Å². The molecule has 0 aliphatic carbocycles. The summed E-state index contributed by atoms with van der Waals surface area (Å²) in [4.78, 5) is 15.9. The predicted molar refractivity (Wildman–Crippen MR) is 89.0 cm³/mol. The van der Waals surface area contributed by atoms with Crippen LogP contribution >= 0.6 is 0 Å². The maximum atomic E-state index is 11.9. The molecule has 0 bridgehead atoms. The lowest BCUT2D eigenvalue weighted by molar-refractivity contribution is 0.169. The average molecular weight is 331 g/mol. The number of nitrogens with zero attached hydrogens (tertiary/aromatic N) is 1. The fourth-order valence-electron chi connectivity index (χ4n) is 2.22. The molecule has 0 aliphatic rings. The Morgan fingerprint density at radius 2 is 1.96 bits per heavy atom. The number of aliphatic hydroxyl groups is 1.